The highest BCUT2D eigenvalue weighted by atomic mass is 16.5. The van der Waals surface area contributed by atoms with Gasteiger partial charge in [-0.25, -0.2) is 0 Å². The van der Waals surface area contributed by atoms with Crippen LogP contribution < -0.4 is 20.5 Å². The Hall–Kier alpha value is -4.82. The number of ether oxygens (including phenoxy) is 3. The van der Waals surface area contributed by atoms with Crippen molar-refractivity contribution in [3.8, 4) is 23.0 Å². The maximum atomic E-state index is 12.7. The van der Waals surface area contributed by atoms with Crippen molar-refractivity contribution in [1.29, 1.82) is 0 Å². The van der Waals surface area contributed by atoms with Crippen molar-refractivity contribution >= 4 is 11.8 Å². The normalized spacial score (nSPS) is 12.2. The van der Waals surface area contributed by atoms with Crippen molar-refractivity contribution in [2.24, 2.45) is 5.73 Å². The molecular formula is C30H28N2O6. The van der Waals surface area contributed by atoms with E-state index in [9.17, 15) is 14.7 Å². The first-order chi connectivity index (χ1) is 18.5. The van der Waals surface area contributed by atoms with Gasteiger partial charge in [0, 0.05) is 0 Å². The number of primary amides is 1. The number of nitrogens with one attached hydrogen (secondary N) is 1. The molecule has 38 heavy (non-hydrogen) atoms. The summed E-state index contributed by atoms with van der Waals surface area (Å²) in [5, 5.41) is 12.5. The molecule has 4 N–H and O–H groups in total. The third-order valence-electron chi connectivity index (χ3n) is 5.61. The Kier molecular flexibility index (Phi) is 8.93. The van der Waals surface area contributed by atoms with Crippen LogP contribution >= 0.6 is 0 Å². The van der Waals surface area contributed by atoms with Gasteiger partial charge in [0.1, 0.15) is 23.6 Å². The molecule has 8 heteroatoms. The van der Waals surface area contributed by atoms with Gasteiger partial charge in [0.25, 0.3) is 5.91 Å². The van der Waals surface area contributed by atoms with E-state index < -0.39 is 30.6 Å². The largest absolute Gasteiger partial charge is 0.504 e. The molecule has 0 aromatic heterocycles. The van der Waals surface area contributed by atoms with Crippen LogP contribution in [0.5, 0.6) is 23.0 Å². The smallest absolute Gasteiger partial charge is 0.258 e. The van der Waals surface area contributed by atoms with E-state index in [-0.39, 0.29) is 18.1 Å². The molecule has 0 aliphatic heterocycles. The molecule has 0 bridgehead atoms. The van der Waals surface area contributed by atoms with Crippen LogP contribution in [0.3, 0.4) is 0 Å². The van der Waals surface area contributed by atoms with Crippen LogP contribution in [0, 0.1) is 0 Å². The molecule has 0 heterocycles. The summed E-state index contributed by atoms with van der Waals surface area (Å²) in [4.78, 5) is 25.2. The fraction of sp³-hybridized carbons (Fsp3) is 0.133. The van der Waals surface area contributed by atoms with Crippen molar-refractivity contribution in [3.63, 3.8) is 0 Å². The summed E-state index contributed by atoms with van der Waals surface area (Å²) in [5.41, 5.74) is 7.22. The zero-order chi connectivity index (χ0) is 26.7. The summed E-state index contributed by atoms with van der Waals surface area (Å²) in [6.07, 6.45) is -0.896. The number of amides is 2. The topological polar surface area (TPSA) is 120 Å². The molecule has 4 rings (SSSR count). The average Bonchev–Trinajstić information content (AvgIpc) is 2.94. The predicted molar refractivity (Wildman–Crippen MR) is 142 cm³/mol. The second kappa shape index (κ2) is 12.9. The van der Waals surface area contributed by atoms with E-state index in [0.717, 1.165) is 5.56 Å². The molecule has 4 aromatic carbocycles. The van der Waals surface area contributed by atoms with Gasteiger partial charge in [0.15, 0.2) is 18.1 Å². The van der Waals surface area contributed by atoms with E-state index in [1.807, 2.05) is 60.7 Å². The number of carbonyl (C=O) groups excluding carboxylic acids is 2. The molecule has 0 saturated carbocycles. The number of hydrogen-bond donors (Lipinski definition) is 3. The molecule has 0 radical (unpaired) electrons. The molecular weight excluding hydrogens is 484 g/mol. The lowest BCUT2D eigenvalue weighted by molar-refractivity contribution is -0.133. The Balaban J connectivity index is 1.51. The first-order valence-electron chi connectivity index (χ1n) is 12.0. The molecule has 0 fully saturated rings. The fourth-order valence-corrected chi connectivity index (χ4v) is 3.73. The van der Waals surface area contributed by atoms with Gasteiger partial charge in [-0.2, -0.15) is 0 Å². The van der Waals surface area contributed by atoms with E-state index in [4.69, 9.17) is 19.9 Å². The first-order valence-corrected chi connectivity index (χ1v) is 12.0. The highest BCUT2D eigenvalue weighted by Crippen LogP contribution is 2.28. The van der Waals surface area contributed by atoms with Crippen LogP contribution in [-0.4, -0.2) is 29.6 Å². The van der Waals surface area contributed by atoms with E-state index in [1.54, 1.807) is 36.4 Å². The van der Waals surface area contributed by atoms with Crippen LogP contribution in [0.2, 0.25) is 0 Å². The monoisotopic (exact) mass is 512 g/mol. The Morgan fingerprint density at radius 1 is 0.789 bits per heavy atom. The minimum Gasteiger partial charge on any atom is -0.504 e. The standard InChI is InChI=1S/C30H28N2O6/c31-30(35)28(32-27(34)20-36-26-14-8-7-13-25(26)33)29(37-19-21-9-3-1-4-10-21)22-15-17-24(18-16-22)38-23-11-5-2-6-12-23/h1-18,28-29,33H,19-20H2,(H2,31,35)(H,32,34). The number of benzene rings is 4. The third kappa shape index (κ3) is 7.35. The zero-order valence-electron chi connectivity index (χ0n) is 20.5. The number of phenolic OH excluding ortho intramolecular Hbond substituents is 1. The number of rotatable bonds is 12. The first kappa shape index (κ1) is 26.2. The number of para-hydroxylation sites is 3. The highest BCUT2D eigenvalue weighted by Gasteiger charge is 2.31. The van der Waals surface area contributed by atoms with E-state index in [1.165, 1.54) is 12.1 Å². The second-order valence-electron chi connectivity index (χ2n) is 8.41. The Labute approximate surface area is 220 Å². The summed E-state index contributed by atoms with van der Waals surface area (Å²) < 4.78 is 17.4. The minimum atomic E-state index is -1.19. The quantitative estimate of drug-likeness (QED) is 0.257. The average molecular weight is 513 g/mol. The fourth-order valence-electron chi connectivity index (χ4n) is 3.73. The van der Waals surface area contributed by atoms with Crippen molar-refractivity contribution in [2.75, 3.05) is 6.61 Å². The maximum Gasteiger partial charge on any atom is 0.258 e. The van der Waals surface area contributed by atoms with Gasteiger partial charge in [0.05, 0.1) is 6.61 Å². The van der Waals surface area contributed by atoms with Crippen LogP contribution in [-0.2, 0) is 20.9 Å². The van der Waals surface area contributed by atoms with Crippen LogP contribution in [0.15, 0.2) is 109 Å². The number of hydrogen-bond acceptors (Lipinski definition) is 6. The Morgan fingerprint density at radius 2 is 1.39 bits per heavy atom. The SMILES string of the molecule is NC(=O)C(NC(=O)COc1ccccc1O)C(OCc1ccccc1)c1ccc(Oc2ccccc2)cc1. The molecule has 2 atom stereocenters. The minimum absolute atomic E-state index is 0.103. The lowest BCUT2D eigenvalue weighted by atomic mass is 10.0. The van der Waals surface area contributed by atoms with Gasteiger partial charge in [-0.1, -0.05) is 72.8 Å². The molecule has 0 aliphatic carbocycles. The van der Waals surface area contributed by atoms with E-state index in [0.29, 0.717) is 17.1 Å². The van der Waals surface area contributed by atoms with Crippen molar-refractivity contribution in [1.82, 2.24) is 5.32 Å². The van der Waals surface area contributed by atoms with Gasteiger partial charge in [-0.3, -0.25) is 9.59 Å². The summed E-state index contributed by atoms with van der Waals surface area (Å²) in [6, 6.07) is 30.9. The molecule has 0 aliphatic rings. The molecule has 194 valence electrons. The maximum absolute atomic E-state index is 12.7. The number of carbonyl (C=O) groups is 2. The van der Waals surface area contributed by atoms with Crippen LogP contribution in [0.25, 0.3) is 0 Å². The van der Waals surface area contributed by atoms with Gasteiger partial charge in [-0.05, 0) is 47.5 Å². The highest BCUT2D eigenvalue weighted by molar-refractivity contribution is 5.87. The summed E-state index contributed by atoms with van der Waals surface area (Å²) in [5.74, 6) is -0.0582. The Morgan fingerprint density at radius 3 is 2.05 bits per heavy atom. The van der Waals surface area contributed by atoms with Gasteiger partial charge in [-0.15, -0.1) is 0 Å². The predicted octanol–water partition coefficient (Wildman–Crippen LogP) is 4.49. The van der Waals surface area contributed by atoms with Crippen molar-refractivity contribution in [2.45, 2.75) is 18.8 Å². The van der Waals surface area contributed by atoms with Crippen LogP contribution in [0.4, 0.5) is 0 Å². The van der Waals surface area contributed by atoms with Gasteiger partial charge < -0.3 is 30.4 Å². The summed E-state index contributed by atoms with van der Waals surface area (Å²) >= 11 is 0. The molecule has 8 nitrogen and oxygen atoms in total. The molecule has 4 aromatic rings. The summed E-state index contributed by atoms with van der Waals surface area (Å²) in [6.45, 7) is -0.252. The molecule has 2 amide bonds. The number of aromatic hydroxyl groups is 1. The van der Waals surface area contributed by atoms with Crippen molar-refractivity contribution in [3.05, 3.63) is 120 Å². The third-order valence-corrected chi connectivity index (χ3v) is 5.61. The molecule has 0 saturated heterocycles. The Bertz CT molecular complexity index is 1330. The zero-order valence-corrected chi connectivity index (χ0v) is 20.5. The molecule has 0 spiro atoms. The van der Waals surface area contributed by atoms with Gasteiger partial charge >= 0.3 is 0 Å². The van der Waals surface area contributed by atoms with E-state index in [2.05, 4.69) is 5.32 Å². The van der Waals surface area contributed by atoms with Crippen LogP contribution in [0.1, 0.15) is 17.2 Å². The summed E-state index contributed by atoms with van der Waals surface area (Å²) in [7, 11) is 0. The number of phenols is 1. The molecule has 2 unspecified atom stereocenters. The van der Waals surface area contributed by atoms with Crippen molar-refractivity contribution < 1.29 is 28.9 Å². The van der Waals surface area contributed by atoms with E-state index >= 15 is 0 Å². The lowest BCUT2D eigenvalue weighted by Gasteiger charge is -2.27. The van der Waals surface area contributed by atoms with Gasteiger partial charge in [0.2, 0.25) is 5.91 Å². The number of nitrogens with two attached hydrogens (primary N) is 1. The second-order valence-corrected chi connectivity index (χ2v) is 8.41. The lowest BCUT2D eigenvalue weighted by Crippen LogP contribution is -2.50.